The molecule has 17 heavy (non-hydrogen) atoms. The Balaban J connectivity index is 2.65. The molecule has 3 nitrogen and oxygen atoms in total. The first-order chi connectivity index (χ1) is 7.83. The van der Waals surface area contributed by atoms with Gasteiger partial charge in [0, 0.05) is 10.5 Å². The summed E-state index contributed by atoms with van der Waals surface area (Å²) in [7, 11) is -3.37. The third kappa shape index (κ3) is 4.69. The maximum atomic E-state index is 12.0. The molecule has 98 valence electrons. The second-order valence-corrected chi connectivity index (χ2v) is 8.23. The van der Waals surface area contributed by atoms with E-state index in [4.69, 9.17) is 0 Å². The molecule has 0 fully saturated rings. The topological polar surface area (TPSA) is 46.2 Å². The Morgan fingerprint density at radius 3 is 2.47 bits per heavy atom. The van der Waals surface area contributed by atoms with Crippen molar-refractivity contribution < 1.29 is 8.42 Å². The largest absolute Gasteiger partial charge is 0.251 e. The molecule has 1 atom stereocenters. The van der Waals surface area contributed by atoms with Crippen LogP contribution in [0.25, 0.3) is 0 Å². The molecule has 0 aliphatic carbocycles. The fourth-order valence-corrected chi connectivity index (χ4v) is 5.06. The molecule has 0 saturated carbocycles. The molecular weight excluding hydrogens is 322 g/mol. The number of hydrogen-bond acceptors (Lipinski definition) is 3. The van der Waals surface area contributed by atoms with Crippen molar-refractivity contribution in [3.05, 3.63) is 15.9 Å². The molecule has 0 bridgehead atoms. The molecule has 0 spiro atoms. The maximum Gasteiger partial charge on any atom is 0.251 e. The van der Waals surface area contributed by atoms with Crippen LogP contribution >= 0.6 is 27.3 Å². The molecular formula is C11H18BrNO2S2. The second kappa shape index (κ2) is 6.31. The Kier molecular flexibility index (Phi) is 5.63. The van der Waals surface area contributed by atoms with E-state index in [2.05, 4.69) is 34.5 Å². The summed E-state index contributed by atoms with van der Waals surface area (Å²) < 4.78 is 27.8. The molecule has 0 aliphatic heterocycles. The summed E-state index contributed by atoms with van der Waals surface area (Å²) in [5.41, 5.74) is 0. The number of thiophene rings is 1. The lowest BCUT2D eigenvalue weighted by Gasteiger charge is -2.14. The highest BCUT2D eigenvalue weighted by Crippen LogP contribution is 2.27. The van der Waals surface area contributed by atoms with Gasteiger partial charge in [-0.15, -0.1) is 11.3 Å². The standard InChI is InChI=1S/C11H18BrNO2S2/c1-8(2)4-5-9(3)13-17(14,15)11-10(12)6-7-16-11/h6-9,13H,4-5H2,1-3H3. The Bertz CT molecular complexity index is 454. The summed E-state index contributed by atoms with van der Waals surface area (Å²) in [5.74, 6) is 0.593. The van der Waals surface area contributed by atoms with E-state index in [1.165, 1.54) is 11.3 Å². The van der Waals surface area contributed by atoms with Crippen molar-refractivity contribution >= 4 is 37.3 Å². The SMILES string of the molecule is CC(C)CCC(C)NS(=O)(=O)c1sccc1Br. The summed E-state index contributed by atoms with van der Waals surface area (Å²) >= 11 is 4.47. The van der Waals surface area contributed by atoms with Crippen LogP contribution in [0.3, 0.4) is 0 Å². The van der Waals surface area contributed by atoms with Gasteiger partial charge in [-0.1, -0.05) is 13.8 Å². The van der Waals surface area contributed by atoms with Crippen LogP contribution in [0.4, 0.5) is 0 Å². The molecule has 1 aromatic rings. The van der Waals surface area contributed by atoms with E-state index >= 15 is 0 Å². The van der Waals surface area contributed by atoms with Gasteiger partial charge >= 0.3 is 0 Å². The monoisotopic (exact) mass is 339 g/mol. The van der Waals surface area contributed by atoms with Crippen LogP contribution in [-0.4, -0.2) is 14.5 Å². The van der Waals surface area contributed by atoms with Crippen LogP contribution in [-0.2, 0) is 10.0 Å². The highest BCUT2D eigenvalue weighted by molar-refractivity contribution is 9.10. The van der Waals surface area contributed by atoms with Gasteiger partial charge < -0.3 is 0 Å². The Morgan fingerprint density at radius 1 is 1.35 bits per heavy atom. The van der Waals surface area contributed by atoms with E-state index in [0.717, 1.165) is 12.8 Å². The van der Waals surface area contributed by atoms with Gasteiger partial charge in [0.1, 0.15) is 4.21 Å². The van der Waals surface area contributed by atoms with E-state index in [9.17, 15) is 8.42 Å². The van der Waals surface area contributed by atoms with Crippen LogP contribution in [0.15, 0.2) is 20.1 Å². The Labute approximate surface area is 116 Å². The van der Waals surface area contributed by atoms with E-state index in [0.29, 0.717) is 14.6 Å². The third-order valence-corrected chi connectivity index (χ3v) is 6.62. The van der Waals surface area contributed by atoms with Crippen molar-refractivity contribution in [1.29, 1.82) is 0 Å². The molecule has 0 amide bonds. The van der Waals surface area contributed by atoms with E-state index in [-0.39, 0.29) is 6.04 Å². The number of hydrogen-bond donors (Lipinski definition) is 1. The molecule has 0 saturated heterocycles. The molecule has 1 N–H and O–H groups in total. The van der Waals surface area contributed by atoms with Crippen molar-refractivity contribution in [2.45, 2.75) is 43.9 Å². The highest BCUT2D eigenvalue weighted by atomic mass is 79.9. The Morgan fingerprint density at radius 2 is 2.00 bits per heavy atom. The van der Waals surface area contributed by atoms with E-state index < -0.39 is 10.0 Å². The molecule has 1 unspecified atom stereocenters. The zero-order chi connectivity index (χ0) is 13.1. The highest BCUT2D eigenvalue weighted by Gasteiger charge is 2.21. The summed E-state index contributed by atoms with van der Waals surface area (Å²) in [4.78, 5) is 0. The predicted molar refractivity (Wildman–Crippen MR) is 75.9 cm³/mol. The van der Waals surface area contributed by atoms with Crippen molar-refractivity contribution in [2.75, 3.05) is 0 Å². The molecule has 1 rings (SSSR count). The normalized spacial score (nSPS) is 14.2. The van der Waals surface area contributed by atoms with Crippen LogP contribution in [0.5, 0.6) is 0 Å². The number of sulfonamides is 1. The molecule has 1 heterocycles. The maximum absolute atomic E-state index is 12.0. The first kappa shape index (κ1) is 15.1. The number of halogens is 1. The smallest absolute Gasteiger partial charge is 0.208 e. The summed E-state index contributed by atoms with van der Waals surface area (Å²) in [6.45, 7) is 6.18. The molecule has 6 heteroatoms. The minimum absolute atomic E-state index is 0.0311. The number of rotatable bonds is 6. The zero-order valence-corrected chi connectivity index (χ0v) is 13.5. The molecule has 0 aromatic carbocycles. The van der Waals surface area contributed by atoms with Gasteiger partial charge in [-0.2, -0.15) is 0 Å². The summed E-state index contributed by atoms with van der Waals surface area (Å²) in [5, 5.41) is 1.76. The van der Waals surface area contributed by atoms with Gasteiger partial charge in [0.05, 0.1) is 0 Å². The predicted octanol–water partition coefficient (Wildman–Crippen LogP) is 3.61. The quantitative estimate of drug-likeness (QED) is 0.860. The van der Waals surface area contributed by atoms with Crippen LogP contribution in [0.2, 0.25) is 0 Å². The van der Waals surface area contributed by atoms with Gasteiger partial charge in [-0.05, 0) is 53.1 Å². The van der Waals surface area contributed by atoms with Gasteiger partial charge in [0.25, 0.3) is 10.0 Å². The van der Waals surface area contributed by atoms with E-state index in [1.54, 1.807) is 11.4 Å². The molecule has 1 aromatic heterocycles. The van der Waals surface area contributed by atoms with Gasteiger partial charge in [0.15, 0.2) is 0 Å². The van der Waals surface area contributed by atoms with Crippen molar-refractivity contribution in [3.8, 4) is 0 Å². The minimum atomic E-state index is -3.37. The van der Waals surface area contributed by atoms with Gasteiger partial charge in [-0.3, -0.25) is 0 Å². The van der Waals surface area contributed by atoms with Gasteiger partial charge in [-0.25, -0.2) is 13.1 Å². The molecule has 0 radical (unpaired) electrons. The fourth-order valence-electron chi connectivity index (χ4n) is 1.43. The lowest BCUT2D eigenvalue weighted by atomic mass is 10.1. The van der Waals surface area contributed by atoms with Crippen LogP contribution in [0.1, 0.15) is 33.6 Å². The first-order valence-electron chi connectivity index (χ1n) is 5.58. The Hall–Kier alpha value is 0.0900. The summed E-state index contributed by atoms with van der Waals surface area (Å²) in [6.07, 6.45) is 1.88. The van der Waals surface area contributed by atoms with Crippen molar-refractivity contribution in [2.24, 2.45) is 5.92 Å². The first-order valence-corrected chi connectivity index (χ1v) is 8.74. The lowest BCUT2D eigenvalue weighted by Crippen LogP contribution is -2.32. The third-order valence-electron chi connectivity index (χ3n) is 2.36. The minimum Gasteiger partial charge on any atom is -0.208 e. The lowest BCUT2D eigenvalue weighted by molar-refractivity contribution is 0.486. The summed E-state index contributed by atoms with van der Waals surface area (Å²) in [6, 6.07) is 1.72. The fraction of sp³-hybridized carbons (Fsp3) is 0.636. The van der Waals surface area contributed by atoms with Crippen molar-refractivity contribution in [3.63, 3.8) is 0 Å². The molecule has 0 aliphatic rings. The van der Waals surface area contributed by atoms with Gasteiger partial charge in [0.2, 0.25) is 0 Å². The van der Waals surface area contributed by atoms with Crippen LogP contribution < -0.4 is 4.72 Å². The zero-order valence-electron chi connectivity index (χ0n) is 10.2. The van der Waals surface area contributed by atoms with Crippen molar-refractivity contribution in [1.82, 2.24) is 4.72 Å². The van der Waals surface area contributed by atoms with E-state index in [1.807, 2.05) is 6.92 Å². The van der Waals surface area contributed by atoms with Crippen LogP contribution in [0, 0.1) is 5.92 Å². The second-order valence-electron chi connectivity index (χ2n) is 4.55. The number of nitrogens with one attached hydrogen (secondary N) is 1. The average Bonchev–Trinajstić information content (AvgIpc) is 2.61. The average molecular weight is 340 g/mol.